The van der Waals surface area contributed by atoms with E-state index in [9.17, 15) is 13.6 Å². The Balaban J connectivity index is 1.63. The van der Waals surface area contributed by atoms with Crippen molar-refractivity contribution in [2.24, 2.45) is 0 Å². The summed E-state index contributed by atoms with van der Waals surface area (Å²) in [5.74, 6) is -0.796. The van der Waals surface area contributed by atoms with Gasteiger partial charge < -0.3 is 4.90 Å². The molecule has 0 bridgehead atoms. The Kier molecular flexibility index (Phi) is 5.81. The van der Waals surface area contributed by atoms with Crippen LogP contribution in [0.1, 0.15) is 22.3 Å². The van der Waals surface area contributed by atoms with Crippen molar-refractivity contribution in [2.45, 2.75) is 13.0 Å². The molecule has 1 fully saturated rings. The summed E-state index contributed by atoms with van der Waals surface area (Å²) in [5, 5.41) is 0. The van der Waals surface area contributed by atoms with Gasteiger partial charge in [0, 0.05) is 48.3 Å². The second-order valence-corrected chi connectivity index (χ2v) is 7.08. The topological polar surface area (TPSA) is 23.6 Å². The summed E-state index contributed by atoms with van der Waals surface area (Å²) in [4.78, 5) is 16.4. The standard InChI is InChI=1S/C19H19BrF2N2O/c20-16-6-5-15(18(22)12-16)13-23-7-2-8-24(10-9-23)19(25)14-3-1-4-17(21)11-14/h1,3-6,11-12H,2,7-10,13H2. The zero-order chi connectivity index (χ0) is 17.8. The average Bonchev–Trinajstić information content (AvgIpc) is 2.82. The molecule has 0 N–H and O–H groups in total. The Morgan fingerprint density at radius 3 is 2.64 bits per heavy atom. The van der Waals surface area contributed by atoms with Gasteiger partial charge in [-0.05, 0) is 36.8 Å². The first kappa shape index (κ1) is 18.0. The molecule has 3 rings (SSSR count). The van der Waals surface area contributed by atoms with E-state index in [1.165, 1.54) is 18.2 Å². The summed E-state index contributed by atoms with van der Waals surface area (Å²) in [6.45, 7) is 3.14. The molecule has 0 saturated carbocycles. The summed E-state index contributed by atoms with van der Waals surface area (Å²) >= 11 is 3.26. The number of carbonyl (C=O) groups excluding carboxylic acids is 1. The van der Waals surface area contributed by atoms with E-state index in [-0.39, 0.29) is 11.7 Å². The zero-order valence-corrected chi connectivity index (χ0v) is 15.3. The van der Waals surface area contributed by atoms with Gasteiger partial charge in [-0.1, -0.05) is 28.1 Å². The van der Waals surface area contributed by atoms with Crippen LogP contribution in [0.4, 0.5) is 8.78 Å². The maximum absolute atomic E-state index is 14.0. The number of carbonyl (C=O) groups is 1. The normalized spacial score (nSPS) is 15.9. The summed E-state index contributed by atoms with van der Waals surface area (Å²) in [6.07, 6.45) is 0.805. The molecule has 1 heterocycles. The lowest BCUT2D eigenvalue weighted by Gasteiger charge is -2.22. The van der Waals surface area contributed by atoms with Gasteiger partial charge in [0.05, 0.1) is 0 Å². The van der Waals surface area contributed by atoms with Gasteiger partial charge in [0.1, 0.15) is 11.6 Å². The van der Waals surface area contributed by atoms with Crippen LogP contribution < -0.4 is 0 Å². The van der Waals surface area contributed by atoms with Gasteiger partial charge in [-0.15, -0.1) is 0 Å². The molecule has 0 spiro atoms. The molecule has 2 aromatic rings. The molecule has 1 amide bonds. The van der Waals surface area contributed by atoms with Crippen molar-refractivity contribution in [1.82, 2.24) is 9.80 Å². The van der Waals surface area contributed by atoms with Crippen molar-refractivity contribution < 1.29 is 13.6 Å². The Labute approximate surface area is 154 Å². The van der Waals surface area contributed by atoms with Crippen molar-refractivity contribution in [2.75, 3.05) is 26.2 Å². The van der Waals surface area contributed by atoms with E-state index in [1.807, 2.05) is 6.07 Å². The predicted molar refractivity (Wildman–Crippen MR) is 96.3 cm³/mol. The third-order valence-electron chi connectivity index (χ3n) is 4.36. The van der Waals surface area contributed by atoms with Crippen LogP contribution >= 0.6 is 15.9 Å². The molecule has 132 valence electrons. The highest BCUT2D eigenvalue weighted by Crippen LogP contribution is 2.18. The van der Waals surface area contributed by atoms with Crippen LogP contribution in [0.3, 0.4) is 0 Å². The molecule has 0 unspecified atom stereocenters. The van der Waals surface area contributed by atoms with Gasteiger partial charge in [0.15, 0.2) is 0 Å². The first-order valence-electron chi connectivity index (χ1n) is 8.24. The minimum absolute atomic E-state index is 0.156. The number of nitrogens with zero attached hydrogens (tertiary/aromatic N) is 2. The van der Waals surface area contributed by atoms with Crippen LogP contribution in [0.5, 0.6) is 0 Å². The maximum atomic E-state index is 14.0. The van der Waals surface area contributed by atoms with Crippen LogP contribution in [-0.2, 0) is 6.54 Å². The molecule has 0 radical (unpaired) electrons. The summed E-state index contributed by atoms with van der Waals surface area (Å²) in [6, 6.07) is 10.8. The molecule has 6 heteroatoms. The third-order valence-corrected chi connectivity index (χ3v) is 4.85. The summed E-state index contributed by atoms with van der Waals surface area (Å²) in [5.41, 5.74) is 1.01. The molecule has 0 atom stereocenters. The lowest BCUT2D eigenvalue weighted by atomic mass is 10.2. The fourth-order valence-corrected chi connectivity index (χ4v) is 3.36. The van der Waals surface area contributed by atoms with E-state index in [1.54, 1.807) is 23.1 Å². The van der Waals surface area contributed by atoms with Crippen LogP contribution in [0.15, 0.2) is 46.9 Å². The molecule has 1 aliphatic heterocycles. The van der Waals surface area contributed by atoms with Crippen LogP contribution in [0.2, 0.25) is 0 Å². The van der Waals surface area contributed by atoms with Gasteiger partial charge in [-0.2, -0.15) is 0 Å². The summed E-state index contributed by atoms with van der Waals surface area (Å²) < 4.78 is 28.1. The van der Waals surface area contributed by atoms with E-state index in [4.69, 9.17) is 0 Å². The number of rotatable bonds is 3. The number of amides is 1. The number of hydrogen-bond donors (Lipinski definition) is 0. The van der Waals surface area contributed by atoms with E-state index < -0.39 is 5.82 Å². The Morgan fingerprint density at radius 2 is 1.88 bits per heavy atom. The van der Waals surface area contributed by atoms with Crippen molar-refractivity contribution in [1.29, 1.82) is 0 Å². The minimum atomic E-state index is -0.409. The van der Waals surface area contributed by atoms with E-state index in [2.05, 4.69) is 20.8 Å². The Morgan fingerprint density at radius 1 is 1.04 bits per heavy atom. The second kappa shape index (κ2) is 8.06. The smallest absolute Gasteiger partial charge is 0.254 e. The molecule has 1 saturated heterocycles. The molecule has 0 aromatic heterocycles. The molecular weight excluding hydrogens is 390 g/mol. The van der Waals surface area contributed by atoms with E-state index in [0.29, 0.717) is 37.3 Å². The largest absolute Gasteiger partial charge is 0.337 e. The van der Waals surface area contributed by atoms with Crippen molar-refractivity contribution in [3.63, 3.8) is 0 Å². The van der Waals surface area contributed by atoms with Crippen LogP contribution in [0.25, 0.3) is 0 Å². The van der Waals surface area contributed by atoms with Crippen LogP contribution in [-0.4, -0.2) is 41.9 Å². The predicted octanol–water partition coefficient (Wildman–Crippen LogP) is 4.08. The van der Waals surface area contributed by atoms with Crippen LogP contribution in [0, 0.1) is 11.6 Å². The summed E-state index contributed by atoms with van der Waals surface area (Å²) in [7, 11) is 0. The first-order valence-corrected chi connectivity index (χ1v) is 9.03. The highest BCUT2D eigenvalue weighted by atomic mass is 79.9. The lowest BCUT2D eigenvalue weighted by Crippen LogP contribution is -2.35. The quantitative estimate of drug-likeness (QED) is 0.763. The fraction of sp³-hybridized carbons (Fsp3) is 0.316. The van der Waals surface area contributed by atoms with Gasteiger partial charge in [-0.25, -0.2) is 8.78 Å². The molecule has 25 heavy (non-hydrogen) atoms. The monoisotopic (exact) mass is 408 g/mol. The highest BCUT2D eigenvalue weighted by molar-refractivity contribution is 9.10. The van der Waals surface area contributed by atoms with Gasteiger partial charge >= 0.3 is 0 Å². The molecule has 2 aromatic carbocycles. The molecule has 0 aliphatic carbocycles. The lowest BCUT2D eigenvalue weighted by molar-refractivity contribution is 0.0760. The molecule has 1 aliphatic rings. The minimum Gasteiger partial charge on any atom is -0.337 e. The maximum Gasteiger partial charge on any atom is 0.254 e. The number of halogens is 3. The Bertz CT molecular complexity index is 769. The van der Waals surface area contributed by atoms with E-state index >= 15 is 0 Å². The zero-order valence-electron chi connectivity index (χ0n) is 13.7. The van der Waals surface area contributed by atoms with Gasteiger partial charge in [0.25, 0.3) is 5.91 Å². The van der Waals surface area contributed by atoms with E-state index in [0.717, 1.165) is 17.4 Å². The molecule has 3 nitrogen and oxygen atoms in total. The highest BCUT2D eigenvalue weighted by Gasteiger charge is 2.21. The first-order chi connectivity index (χ1) is 12.0. The Hall–Kier alpha value is -1.79. The van der Waals surface area contributed by atoms with Gasteiger partial charge in [0.2, 0.25) is 0 Å². The molecular formula is C19H19BrF2N2O. The average molecular weight is 409 g/mol. The fourth-order valence-electron chi connectivity index (χ4n) is 3.03. The van der Waals surface area contributed by atoms with Gasteiger partial charge in [-0.3, -0.25) is 9.69 Å². The SMILES string of the molecule is O=C(c1cccc(F)c1)N1CCCN(Cc2ccc(Br)cc2F)CC1. The van der Waals surface area contributed by atoms with Crippen molar-refractivity contribution >= 4 is 21.8 Å². The second-order valence-electron chi connectivity index (χ2n) is 6.17. The number of hydrogen-bond acceptors (Lipinski definition) is 2. The van der Waals surface area contributed by atoms with Crippen molar-refractivity contribution in [3.05, 3.63) is 69.7 Å². The van der Waals surface area contributed by atoms with Crippen molar-refractivity contribution in [3.8, 4) is 0 Å². The number of benzene rings is 2. The third kappa shape index (κ3) is 4.64.